The van der Waals surface area contributed by atoms with E-state index < -0.39 is 34.2 Å². The molecule has 1 saturated heterocycles. The van der Waals surface area contributed by atoms with Gasteiger partial charge >= 0.3 is 0 Å². The molecule has 1 aliphatic carbocycles. The van der Waals surface area contributed by atoms with E-state index in [4.69, 9.17) is 27.7 Å². The molecule has 0 atom stereocenters. The van der Waals surface area contributed by atoms with Crippen molar-refractivity contribution >= 4 is 35.0 Å². The average Bonchev–Trinajstić information content (AvgIpc) is 3.36. The van der Waals surface area contributed by atoms with Crippen LogP contribution in [0.25, 0.3) is 11.3 Å². The topological polar surface area (TPSA) is 108 Å². The Balaban J connectivity index is 1.32. The molecule has 0 radical (unpaired) electrons. The zero-order valence-corrected chi connectivity index (χ0v) is 25.7. The maximum absolute atomic E-state index is 14.3. The first-order chi connectivity index (χ1) is 20.1. The first-order valence-corrected chi connectivity index (χ1v) is 14.9. The van der Waals surface area contributed by atoms with Crippen molar-refractivity contribution in [3.05, 3.63) is 75.4 Å². The van der Waals surface area contributed by atoms with E-state index in [1.54, 1.807) is 18.2 Å². The molecule has 0 bridgehead atoms. The lowest BCUT2D eigenvalue weighted by molar-refractivity contribution is -0.127. The van der Waals surface area contributed by atoms with Gasteiger partial charge in [0, 0.05) is 41.3 Å². The fourth-order valence-electron chi connectivity index (χ4n) is 6.00. The summed E-state index contributed by atoms with van der Waals surface area (Å²) in [6.45, 7) is 6.35. The molecular formula is C31H34Cl2F2N4O4. The van der Waals surface area contributed by atoms with Gasteiger partial charge in [0.05, 0.1) is 28.7 Å². The minimum Gasteiger partial charge on any atom is -0.390 e. The van der Waals surface area contributed by atoms with Gasteiger partial charge in [0.2, 0.25) is 5.91 Å². The number of rotatable bonds is 8. The minimum absolute atomic E-state index is 0.0191. The Morgan fingerprint density at radius 1 is 1.09 bits per heavy atom. The molecule has 2 amide bonds. The molecule has 2 aromatic carbocycles. The number of carbonyl (C=O) groups excluding carboxylic acids is 2. The number of aliphatic hydroxyl groups is 1. The van der Waals surface area contributed by atoms with Crippen LogP contribution >= 0.6 is 23.2 Å². The van der Waals surface area contributed by atoms with Crippen molar-refractivity contribution in [3.63, 3.8) is 0 Å². The minimum atomic E-state index is -0.913. The number of benzene rings is 2. The molecule has 3 N–H and O–H groups in total. The Kier molecular flexibility index (Phi) is 8.61. The molecule has 12 heteroatoms. The zero-order valence-electron chi connectivity index (χ0n) is 24.1. The smallest absolute Gasteiger partial charge is 0.274 e. The summed E-state index contributed by atoms with van der Waals surface area (Å²) in [6.07, 6.45) is 2.94. The number of hydrogen-bond acceptors (Lipinski definition) is 6. The highest BCUT2D eigenvalue weighted by atomic mass is 35.5. The van der Waals surface area contributed by atoms with Crippen LogP contribution in [0, 0.1) is 11.6 Å². The van der Waals surface area contributed by atoms with E-state index in [2.05, 4.69) is 20.7 Å². The normalized spacial score (nSPS) is 22.1. The molecule has 43 heavy (non-hydrogen) atoms. The second-order valence-corrected chi connectivity index (χ2v) is 13.4. The van der Waals surface area contributed by atoms with E-state index in [1.807, 2.05) is 20.8 Å². The number of aromatic nitrogens is 1. The molecule has 1 aliphatic heterocycles. The molecule has 8 nitrogen and oxygen atoms in total. The summed E-state index contributed by atoms with van der Waals surface area (Å²) in [5.74, 6) is -2.49. The monoisotopic (exact) mass is 634 g/mol. The van der Waals surface area contributed by atoms with Crippen molar-refractivity contribution in [3.8, 4) is 11.3 Å². The van der Waals surface area contributed by atoms with Crippen LogP contribution in [0.3, 0.4) is 0 Å². The lowest BCUT2D eigenvalue weighted by Crippen LogP contribution is -2.73. The van der Waals surface area contributed by atoms with Crippen molar-refractivity contribution in [1.82, 2.24) is 20.7 Å². The number of amides is 2. The predicted molar refractivity (Wildman–Crippen MR) is 159 cm³/mol. The Labute approximate surface area is 258 Å². The largest absolute Gasteiger partial charge is 0.390 e. The summed E-state index contributed by atoms with van der Waals surface area (Å²) in [4.78, 5) is 29.0. The second-order valence-electron chi connectivity index (χ2n) is 12.6. The molecule has 1 saturated carbocycles. The molecule has 5 rings (SSSR count). The molecule has 0 spiro atoms. The Bertz CT molecular complexity index is 1510. The van der Waals surface area contributed by atoms with E-state index in [1.165, 1.54) is 12.1 Å². The van der Waals surface area contributed by atoms with Crippen LogP contribution in [-0.2, 0) is 10.3 Å². The fraction of sp³-hybridized carbons (Fsp3) is 0.452. The Morgan fingerprint density at radius 3 is 2.37 bits per heavy atom. The SMILES string of the molecule is CC1(O)CCC(N2CC(CC(=O)NC(C)(C)c3cc(Cl)cc(Cl)c3)(NC(=O)c3cc(-c4ccc(F)cc4F)on3)C2)CC1. The quantitative estimate of drug-likeness (QED) is 0.287. The highest BCUT2D eigenvalue weighted by Crippen LogP contribution is 2.37. The van der Waals surface area contributed by atoms with E-state index >= 15 is 0 Å². The van der Waals surface area contributed by atoms with Gasteiger partial charge in [0.1, 0.15) is 11.6 Å². The van der Waals surface area contributed by atoms with Crippen LogP contribution in [0.2, 0.25) is 10.0 Å². The van der Waals surface area contributed by atoms with Crippen LogP contribution < -0.4 is 10.6 Å². The number of nitrogens with zero attached hydrogens (tertiary/aromatic N) is 2. The molecule has 2 fully saturated rings. The first-order valence-electron chi connectivity index (χ1n) is 14.1. The average molecular weight is 636 g/mol. The Hall–Kier alpha value is -3.05. The van der Waals surface area contributed by atoms with Crippen LogP contribution in [-0.4, -0.2) is 57.2 Å². The fourth-order valence-corrected chi connectivity index (χ4v) is 6.53. The first kappa shape index (κ1) is 31.4. The van der Waals surface area contributed by atoms with Crippen molar-refractivity contribution in [2.75, 3.05) is 13.1 Å². The van der Waals surface area contributed by atoms with Crippen LogP contribution in [0.15, 0.2) is 47.0 Å². The number of likely N-dealkylation sites (tertiary alicyclic amines) is 1. The third kappa shape index (κ3) is 7.20. The van der Waals surface area contributed by atoms with E-state index in [0.717, 1.165) is 30.5 Å². The second kappa shape index (κ2) is 11.8. The summed E-state index contributed by atoms with van der Waals surface area (Å²) in [6, 6.07) is 9.60. The maximum atomic E-state index is 14.3. The van der Waals surface area contributed by atoms with Gasteiger partial charge < -0.3 is 20.3 Å². The molecular weight excluding hydrogens is 601 g/mol. The molecule has 0 unspecified atom stereocenters. The summed E-state index contributed by atoms with van der Waals surface area (Å²) < 4.78 is 32.8. The van der Waals surface area contributed by atoms with Crippen LogP contribution in [0.4, 0.5) is 8.78 Å². The third-order valence-corrected chi connectivity index (χ3v) is 8.85. The highest BCUT2D eigenvalue weighted by molar-refractivity contribution is 6.34. The standard InChI is InChI=1S/C31H34Cl2F2N4O4/c1-29(2,18-10-19(32)12-20(33)11-18)36-27(40)15-31(16-39(17-31)22-6-8-30(3,42)9-7-22)37-28(41)25-14-26(43-38-25)23-5-4-21(34)13-24(23)35/h4-5,10-14,22,42H,6-9,15-17H2,1-3H3,(H,36,40)(H,37,41). The van der Waals surface area contributed by atoms with Crippen LogP contribution in [0.1, 0.15) is 68.9 Å². The number of carbonyl (C=O) groups is 2. The van der Waals surface area contributed by atoms with Crippen molar-refractivity contribution in [2.45, 2.75) is 75.6 Å². The molecule has 230 valence electrons. The van der Waals surface area contributed by atoms with Gasteiger partial charge in [-0.05, 0) is 82.3 Å². The maximum Gasteiger partial charge on any atom is 0.274 e. The van der Waals surface area contributed by atoms with Crippen LogP contribution in [0.5, 0.6) is 0 Å². The lowest BCUT2D eigenvalue weighted by Gasteiger charge is -2.54. The lowest BCUT2D eigenvalue weighted by atomic mass is 9.78. The molecule has 1 aromatic heterocycles. The van der Waals surface area contributed by atoms with Gasteiger partial charge in [0.15, 0.2) is 11.5 Å². The van der Waals surface area contributed by atoms with Crippen molar-refractivity contribution in [2.24, 2.45) is 0 Å². The summed E-state index contributed by atoms with van der Waals surface area (Å²) in [5.41, 5.74) is -1.81. The zero-order chi connectivity index (χ0) is 31.2. The highest BCUT2D eigenvalue weighted by Gasteiger charge is 2.49. The predicted octanol–water partition coefficient (Wildman–Crippen LogP) is 5.85. The molecule has 3 aromatic rings. The summed E-state index contributed by atoms with van der Waals surface area (Å²) in [5, 5.41) is 21.1. The van der Waals surface area contributed by atoms with E-state index in [0.29, 0.717) is 36.0 Å². The molecule has 2 aliphatic rings. The summed E-state index contributed by atoms with van der Waals surface area (Å²) >= 11 is 12.4. The van der Waals surface area contributed by atoms with Gasteiger partial charge in [-0.15, -0.1) is 0 Å². The summed E-state index contributed by atoms with van der Waals surface area (Å²) in [7, 11) is 0. The number of halogens is 4. The number of nitrogens with one attached hydrogen (secondary N) is 2. The van der Waals surface area contributed by atoms with Crippen molar-refractivity contribution in [1.29, 1.82) is 0 Å². The van der Waals surface area contributed by atoms with E-state index in [9.17, 15) is 23.5 Å². The Morgan fingerprint density at radius 2 is 1.74 bits per heavy atom. The van der Waals surface area contributed by atoms with Gasteiger partial charge in [-0.2, -0.15) is 0 Å². The van der Waals surface area contributed by atoms with E-state index in [-0.39, 0.29) is 35.4 Å². The third-order valence-electron chi connectivity index (χ3n) is 8.41. The van der Waals surface area contributed by atoms with Gasteiger partial charge in [0.25, 0.3) is 5.91 Å². The van der Waals surface area contributed by atoms with Gasteiger partial charge in [-0.25, -0.2) is 8.78 Å². The van der Waals surface area contributed by atoms with Gasteiger partial charge in [-0.3, -0.25) is 14.5 Å². The molecule has 2 heterocycles. The van der Waals surface area contributed by atoms with Gasteiger partial charge in [-0.1, -0.05) is 28.4 Å². The number of hydrogen-bond donors (Lipinski definition) is 3. The van der Waals surface area contributed by atoms with Crippen molar-refractivity contribution < 1.29 is 28.0 Å².